The molecular weight excluding hydrogens is 310 g/mol. The Morgan fingerprint density at radius 3 is 2.84 bits per heavy atom. The van der Waals surface area contributed by atoms with Gasteiger partial charge >= 0.3 is 0 Å². The van der Waals surface area contributed by atoms with Crippen LogP contribution in [0.5, 0.6) is 0 Å². The fourth-order valence-corrected chi connectivity index (χ4v) is 2.48. The third kappa shape index (κ3) is 1.83. The maximum absolute atomic E-state index is 12.1. The van der Waals surface area contributed by atoms with Crippen molar-refractivity contribution < 1.29 is 9.21 Å². The first-order valence-electron chi connectivity index (χ1n) is 5.79. The van der Waals surface area contributed by atoms with Crippen LogP contribution < -0.4 is 10.6 Å². The van der Waals surface area contributed by atoms with E-state index in [1.807, 2.05) is 24.3 Å². The normalized spacial score (nSPS) is 24.8. The Kier molecular flexibility index (Phi) is 2.63. The van der Waals surface area contributed by atoms with E-state index in [-0.39, 0.29) is 5.91 Å². The summed E-state index contributed by atoms with van der Waals surface area (Å²) in [5.41, 5.74) is -0.184. The Morgan fingerprint density at radius 1 is 1.37 bits per heavy atom. The van der Waals surface area contributed by atoms with Crippen molar-refractivity contribution in [1.82, 2.24) is 10.6 Å². The zero-order valence-corrected chi connectivity index (χ0v) is 12.0. The number of carbonyl (C=O) groups is 1. The van der Waals surface area contributed by atoms with Gasteiger partial charge in [-0.05, 0) is 31.2 Å². The Bertz CT molecular complexity index is 707. The van der Waals surface area contributed by atoms with Crippen molar-refractivity contribution in [3.63, 3.8) is 0 Å². The minimum absolute atomic E-state index is 0.175. The molecule has 0 radical (unpaired) electrons. The van der Waals surface area contributed by atoms with E-state index in [4.69, 9.17) is 4.42 Å². The summed E-state index contributed by atoms with van der Waals surface area (Å²) in [4.78, 5) is 16.0. The quantitative estimate of drug-likeness (QED) is 0.845. The Hall–Kier alpha value is -1.82. The summed E-state index contributed by atoms with van der Waals surface area (Å²) < 4.78 is 6.74. The Balaban J connectivity index is 2.11. The molecule has 1 fully saturated rings. The average Bonchev–Trinajstić information content (AvgIpc) is 2.92. The van der Waals surface area contributed by atoms with Crippen LogP contribution in [0.2, 0.25) is 0 Å². The van der Waals surface area contributed by atoms with E-state index >= 15 is 0 Å². The molecule has 0 saturated carbocycles. The fraction of sp³-hybridized carbons (Fsp3) is 0.231. The number of nitrogens with zero attached hydrogens (tertiary/aromatic N) is 1. The second kappa shape index (κ2) is 4.09. The molecule has 1 aromatic carbocycles. The monoisotopic (exact) mass is 321 g/mol. The summed E-state index contributed by atoms with van der Waals surface area (Å²) in [5.74, 6) is 0.845. The van der Waals surface area contributed by atoms with Crippen LogP contribution >= 0.6 is 15.9 Å². The zero-order valence-electron chi connectivity index (χ0n) is 10.5. The van der Waals surface area contributed by atoms with E-state index in [0.717, 1.165) is 15.4 Å². The third-order valence-electron chi connectivity index (χ3n) is 3.25. The lowest BCUT2D eigenvalue weighted by Gasteiger charge is -2.17. The van der Waals surface area contributed by atoms with Crippen LogP contribution in [0.3, 0.4) is 0 Å². The molecular formula is C13H12BrN3O2. The van der Waals surface area contributed by atoms with Gasteiger partial charge in [0, 0.05) is 16.9 Å². The standard InChI is InChI=1S/C13H12BrN3O2/c1-13(11(18)16-12(15-2)17-13)10-6-7-5-8(14)3-4-9(7)19-10/h3-6H,1-2H3,(H2,15,16,17,18). The van der Waals surface area contributed by atoms with Crippen molar-refractivity contribution in [2.45, 2.75) is 12.5 Å². The van der Waals surface area contributed by atoms with Crippen LogP contribution in [-0.2, 0) is 10.3 Å². The van der Waals surface area contributed by atoms with Crippen LogP contribution in [0, 0.1) is 0 Å². The molecule has 0 aliphatic carbocycles. The van der Waals surface area contributed by atoms with E-state index < -0.39 is 5.54 Å². The minimum Gasteiger partial charge on any atom is -0.458 e. The molecule has 1 aliphatic rings. The molecule has 2 aromatic rings. The van der Waals surface area contributed by atoms with Crippen LogP contribution in [-0.4, -0.2) is 18.9 Å². The van der Waals surface area contributed by atoms with E-state index in [1.165, 1.54) is 0 Å². The molecule has 1 saturated heterocycles. The highest BCUT2D eigenvalue weighted by molar-refractivity contribution is 9.10. The number of benzene rings is 1. The molecule has 1 aromatic heterocycles. The number of furan rings is 1. The summed E-state index contributed by atoms with van der Waals surface area (Å²) in [6, 6.07) is 7.59. The predicted molar refractivity (Wildman–Crippen MR) is 75.9 cm³/mol. The summed E-state index contributed by atoms with van der Waals surface area (Å²) >= 11 is 3.42. The van der Waals surface area contributed by atoms with Gasteiger partial charge in [0.1, 0.15) is 11.3 Å². The van der Waals surface area contributed by atoms with Gasteiger partial charge in [-0.1, -0.05) is 15.9 Å². The van der Waals surface area contributed by atoms with Crippen LogP contribution in [0.15, 0.2) is 38.1 Å². The summed E-state index contributed by atoms with van der Waals surface area (Å²) in [7, 11) is 1.62. The minimum atomic E-state index is -0.930. The summed E-state index contributed by atoms with van der Waals surface area (Å²) in [6.45, 7) is 1.77. The summed E-state index contributed by atoms with van der Waals surface area (Å²) in [6.07, 6.45) is 0. The molecule has 0 bridgehead atoms. The Labute approximate surface area is 118 Å². The lowest BCUT2D eigenvalue weighted by atomic mass is 9.99. The van der Waals surface area contributed by atoms with Crippen molar-refractivity contribution in [3.8, 4) is 0 Å². The molecule has 98 valence electrons. The Morgan fingerprint density at radius 2 is 2.16 bits per heavy atom. The van der Waals surface area contributed by atoms with E-state index in [0.29, 0.717) is 11.7 Å². The van der Waals surface area contributed by atoms with E-state index in [9.17, 15) is 4.79 Å². The number of guanidine groups is 1. The molecule has 2 heterocycles. The largest absolute Gasteiger partial charge is 0.458 e. The van der Waals surface area contributed by atoms with E-state index in [2.05, 4.69) is 31.6 Å². The van der Waals surface area contributed by atoms with Crippen molar-refractivity contribution in [2.75, 3.05) is 7.05 Å². The number of aliphatic imine (C=N–C) groups is 1. The topological polar surface area (TPSA) is 66.6 Å². The van der Waals surface area contributed by atoms with Crippen molar-refractivity contribution in [2.24, 2.45) is 4.99 Å². The van der Waals surface area contributed by atoms with Crippen molar-refractivity contribution >= 4 is 38.8 Å². The number of hydrogen-bond donors (Lipinski definition) is 2. The molecule has 2 N–H and O–H groups in total. The van der Waals surface area contributed by atoms with Crippen LogP contribution in [0.4, 0.5) is 0 Å². The first kappa shape index (κ1) is 12.2. The van der Waals surface area contributed by atoms with Gasteiger partial charge in [-0.25, -0.2) is 0 Å². The molecule has 1 aliphatic heterocycles. The number of carbonyl (C=O) groups excluding carboxylic acids is 1. The van der Waals surface area contributed by atoms with Gasteiger partial charge in [0.2, 0.25) is 0 Å². The highest BCUT2D eigenvalue weighted by atomic mass is 79.9. The molecule has 1 atom stereocenters. The molecule has 0 spiro atoms. The highest BCUT2D eigenvalue weighted by Gasteiger charge is 2.45. The smallest absolute Gasteiger partial charge is 0.260 e. The SMILES string of the molecule is CN=C1NC(=O)C(C)(c2cc3cc(Br)ccc3o2)N1. The molecule has 1 amide bonds. The molecule has 3 rings (SSSR count). The van der Waals surface area contributed by atoms with Gasteiger partial charge in [-0.2, -0.15) is 0 Å². The van der Waals surface area contributed by atoms with Gasteiger partial charge in [0.05, 0.1) is 0 Å². The third-order valence-corrected chi connectivity index (χ3v) is 3.74. The van der Waals surface area contributed by atoms with Crippen LogP contribution in [0.25, 0.3) is 11.0 Å². The van der Waals surface area contributed by atoms with Gasteiger partial charge in [0.15, 0.2) is 11.5 Å². The van der Waals surface area contributed by atoms with Crippen molar-refractivity contribution in [3.05, 3.63) is 34.5 Å². The lowest BCUT2D eigenvalue weighted by Crippen LogP contribution is -2.40. The molecule has 6 heteroatoms. The first-order valence-corrected chi connectivity index (χ1v) is 6.58. The lowest BCUT2D eigenvalue weighted by molar-refractivity contribution is -0.124. The van der Waals surface area contributed by atoms with Gasteiger partial charge in [0.25, 0.3) is 5.91 Å². The number of fused-ring (bicyclic) bond motifs is 1. The molecule has 1 unspecified atom stereocenters. The number of hydrogen-bond acceptors (Lipinski definition) is 3. The maximum Gasteiger partial charge on any atom is 0.260 e. The van der Waals surface area contributed by atoms with Crippen LogP contribution in [0.1, 0.15) is 12.7 Å². The van der Waals surface area contributed by atoms with Gasteiger partial charge in [-0.3, -0.25) is 15.1 Å². The second-order valence-electron chi connectivity index (χ2n) is 4.57. The average molecular weight is 322 g/mol. The molecule has 5 nitrogen and oxygen atoms in total. The fourth-order valence-electron chi connectivity index (χ4n) is 2.10. The molecule has 19 heavy (non-hydrogen) atoms. The van der Waals surface area contributed by atoms with Gasteiger partial charge < -0.3 is 9.73 Å². The predicted octanol–water partition coefficient (Wildman–Crippen LogP) is 2.12. The number of halogens is 1. The van der Waals surface area contributed by atoms with Crippen molar-refractivity contribution in [1.29, 1.82) is 0 Å². The number of amides is 1. The number of rotatable bonds is 1. The number of nitrogens with one attached hydrogen (secondary N) is 2. The summed E-state index contributed by atoms with van der Waals surface area (Å²) in [5, 5.41) is 6.67. The van der Waals surface area contributed by atoms with E-state index in [1.54, 1.807) is 14.0 Å². The zero-order chi connectivity index (χ0) is 13.6. The maximum atomic E-state index is 12.1. The highest BCUT2D eigenvalue weighted by Crippen LogP contribution is 2.31. The van der Waals surface area contributed by atoms with Gasteiger partial charge in [-0.15, -0.1) is 0 Å². The first-order chi connectivity index (χ1) is 9.03. The second-order valence-corrected chi connectivity index (χ2v) is 5.48.